The van der Waals surface area contributed by atoms with Crippen LogP contribution < -0.4 is 4.74 Å². The van der Waals surface area contributed by atoms with E-state index < -0.39 is 0 Å². The highest BCUT2D eigenvalue weighted by atomic mass is 35.5. The number of halogens is 1. The summed E-state index contributed by atoms with van der Waals surface area (Å²) < 4.78 is 11.6. The Morgan fingerprint density at radius 2 is 1.90 bits per heavy atom. The quantitative estimate of drug-likeness (QED) is 0.532. The van der Waals surface area contributed by atoms with Gasteiger partial charge in [-0.3, -0.25) is 0 Å². The molecule has 0 bridgehead atoms. The van der Waals surface area contributed by atoms with Crippen molar-refractivity contribution < 1.29 is 9.15 Å². The molecule has 2 heterocycles. The Balaban J connectivity index is 1.89. The summed E-state index contributed by atoms with van der Waals surface area (Å²) in [5.74, 6) is 0.974. The van der Waals surface area contributed by atoms with Gasteiger partial charge < -0.3 is 9.15 Å². The van der Waals surface area contributed by atoms with Crippen molar-refractivity contribution in [3.05, 3.63) is 59.9 Å². The second-order valence-corrected chi connectivity index (χ2v) is 4.95. The SMILES string of the molecule is Clc1cccc(Oc2ncnc3c2oc2ccccc23)c1. The van der Waals surface area contributed by atoms with Gasteiger partial charge in [0.25, 0.3) is 5.88 Å². The smallest absolute Gasteiger partial charge is 0.267 e. The average molecular weight is 297 g/mol. The number of ether oxygens (including phenoxy) is 1. The van der Waals surface area contributed by atoms with E-state index in [4.69, 9.17) is 20.8 Å². The second-order valence-electron chi connectivity index (χ2n) is 4.51. The summed E-state index contributed by atoms with van der Waals surface area (Å²) in [7, 11) is 0. The van der Waals surface area contributed by atoms with E-state index in [0.717, 1.165) is 16.5 Å². The molecule has 0 spiro atoms. The van der Waals surface area contributed by atoms with Gasteiger partial charge in [-0.2, -0.15) is 4.98 Å². The molecule has 0 aliphatic carbocycles. The lowest BCUT2D eigenvalue weighted by atomic mass is 10.2. The molecule has 0 aliphatic heterocycles. The topological polar surface area (TPSA) is 48.2 Å². The van der Waals surface area contributed by atoms with Crippen LogP contribution in [0.25, 0.3) is 22.1 Å². The summed E-state index contributed by atoms with van der Waals surface area (Å²) in [5, 5.41) is 1.54. The first-order valence-electron chi connectivity index (χ1n) is 6.37. The Bertz CT molecular complexity index is 949. The lowest BCUT2D eigenvalue weighted by Gasteiger charge is -2.04. The van der Waals surface area contributed by atoms with Crippen LogP contribution in [-0.4, -0.2) is 9.97 Å². The standard InChI is InChI=1S/C16H9ClN2O2/c17-10-4-3-5-11(8-10)20-16-15-14(18-9-19-16)12-6-1-2-7-13(12)21-15/h1-9H. The number of furan rings is 1. The van der Waals surface area contributed by atoms with Gasteiger partial charge in [0.05, 0.1) is 0 Å². The maximum Gasteiger partial charge on any atom is 0.267 e. The Kier molecular flexibility index (Phi) is 2.75. The average Bonchev–Trinajstić information content (AvgIpc) is 2.87. The minimum atomic E-state index is 0.374. The Morgan fingerprint density at radius 1 is 1.00 bits per heavy atom. The van der Waals surface area contributed by atoms with E-state index in [2.05, 4.69) is 9.97 Å². The van der Waals surface area contributed by atoms with Crippen LogP contribution in [0.2, 0.25) is 5.02 Å². The minimum absolute atomic E-state index is 0.374. The van der Waals surface area contributed by atoms with Crippen LogP contribution in [0.15, 0.2) is 59.3 Å². The van der Waals surface area contributed by atoms with E-state index in [1.807, 2.05) is 36.4 Å². The summed E-state index contributed by atoms with van der Waals surface area (Å²) in [6.07, 6.45) is 1.46. The zero-order valence-corrected chi connectivity index (χ0v) is 11.5. The molecule has 102 valence electrons. The summed E-state index contributed by atoms with van der Waals surface area (Å²) in [4.78, 5) is 8.44. The monoisotopic (exact) mass is 296 g/mol. The van der Waals surface area contributed by atoms with Gasteiger partial charge in [0.2, 0.25) is 5.58 Å². The number of para-hydroxylation sites is 1. The maximum absolute atomic E-state index is 5.96. The number of aromatic nitrogens is 2. The molecule has 4 rings (SSSR count). The van der Waals surface area contributed by atoms with Crippen molar-refractivity contribution in [2.24, 2.45) is 0 Å². The van der Waals surface area contributed by atoms with Crippen molar-refractivity contribution in [1.29, 1.82) is 0 Å². The van der Waals surface area contributed by atoms with Crippen LogP contribution >= 0.6 is 11.6 Å². The maximum atomic E-state index is 5.96. The Hall–Kier alpha value is -2.59. The third kappa shape index (κ3) is 2.10. The van der Waals surface area contributed by atoms with Crippen LogP contribution in [0, 0.1) is 0 Å². The van der Waals surface area contributed by atoms with E-state index in [1.54, 1.807) is 12.1 Å². The fraction of sp³-hybridized carbons (Fsp3) is 0. The molecule has 0 radical (unpaired) electrons. The fourth-order valence-corrected chi connectivity index (χ4v) is 2.40. The van der Waals surface area contributed by atoms with Gasteiger partial charge in [-0.15, -0.1) is 0 Å². The lowest BCUT2D eigenvalue weighted by molar-refractivity contribution is 0.456. The number of hydrogen-bond acceptors (Lipinski definition) is 4. The van der Waals surface area contributed by atoms with Gasteiger partial charge in [0, 0.05) is 10.4 Å². The molecule has 2 aromatic carbocycles. The van der Waals surface area contributed by atoms with E-state index in [9.17, 15) is 0 Å². The molecule has 21 heavy (non-hydrogen) atoms. The van der Waals surface area contributed by atoms with Gasteiger partial charge in [-0.1, -0.05) is 29.8 Å². The van der Waals surface area contributed by atoms with Crippen molar-refractivity contribution in [3.63, 3.8) is 0 Å². The first kappa shape index (κ1) is 12.2. The second kappa shape index (κ2) is 4.75. The van der Waals surface area contributed by atoms with Crippen LogP contribution in [0.1, 0.15) is 0 Å². The molecular weight excluding hydrogens is 288 g/mol. The summed E-state index contributed by atoms with van der Waals surface area (Å²) in [6, 6.07) is 14.8. The molecule has 0 saturated heterocycles. The molecular formula is C16H9ClN2O2. The molecule has 4 nitrogen and oxygen atoms in total. The molecule has 0 amide bonds. The van der Waals surface area contributed by atoms with E-state index in [1.165, 1.54) is 6.33 Å². The normalized spacial score (nSPS) is 11.1. The predicted octanol–water partition coefficient (Wildman–Crippen LogP) is 4.82. The molecule has 0 saturated carbocycles. The van der Waals surface area contributed by atoms with Crippen LogP contribution in [0.3, 0.4) is 0 Å². The first-order chi connectivity index (χ1) is 10.3. The van der Waals surface area contributed by atoms with Crippen molar-refractivity contribution >= 4 is 33.7 Å². The number of hydrogen-bond donors (Lipinski definition) is 0. The molecule has 0 fully saturated rings. The lowest BCUT2D eigenvalue weighted by Crippen LogP contribution is -1.89. The molecule has 0 atom stereocenters. The molecule has 0 aliphatic rings. The molecule has 0 N–H and O–H groups in total. The highest BCUT2D eigenvalue weighted by Gasteiger charge is 2.14. The minimum Gasteiger partial charge on any atom is -0.449 e. The third-order valence-electron chi connectivity index (χ3n) is 3.14. The Morgan fingerprint density at radius 3 is 2.81 bits per heavy atom. The van der Waals surface area contributed by atoms with Crippen molar-refractivity contribution in [2.45, 2.75) is 0 Å². The first-order valence-corrected chi connectivity index (χ1v) is 6.75. The molecule has 0 unspecified atom stereocenters. The van der Waals surface area contributed by atoms with E-state index >= 15 is 0 Å². The van der Waals surface area contributed by atoms with Crippen LogP contribution in [-0.2, 0) is 0 Å². The number of benzene rings is 2. The van der Waals surface area contributed by atoms with Gasteiger partial charge >= 0.3 is 0 Å². The third-order valence-corrected chi connectivity index (χ3v) is 3.37. The molecule has 2 aromatic heterocycles. The Labute approximate surface area is 125 Å². The zero-order chi connectivity index (χ0) is 14.2. The number of rotatable bonds is 2. The van der Waals surface area contributed by atoms with Crippen molar-refractivity contribution in [2.75, 3.05) is 0 Å². The predicted molar refractivity (Wildman–Crippen MR) is 80.8 cm³/mol. The van der Waals surface area contributed by atoms with Crippen molar-refractivity contribution in [3.8, 4) is 11.6 Å². The van der Waals surface area contributed by atoms with Gasteiger partial charge in [-0.05, 0) is 30.3 Å². The number of nitrogens with zero attached hydrogens (tertiary/aromatic N) is 2. The summed E-state index contributed by atoms with van der Waals surface area (Å²) in [5.41, 5.74) is 2.01. The van der Waals surface area contributed by atoms with Crippen LogP contribution in [0.5, 0.6) is 11.6 Å². The largest absolute Gasteiger partial charge is 0.449 e. The summed E-state index contributed by atoms with van der Waals surface area (Å²) in [6.45, 7) is 0. The highest BCUT2D eigenvalue weighted by Crippen LogP contribution is 2.33. The summed E-state index contributed by atoms with van der Waals surface area (Å²) >= 11 is 5.96. The number of fused-ring (bicyclic) bond motifs is 3. The van der Waals surface area contributed by atoms with Gasteiger partial charge in [-0.25, -0.2) is 4.98 Å². The molecule has 4 aromatic rings. The van der Waals surface area contributed by atoms with Crippen LogP contribution in [0.4, 0.5) is 0 Å². The highest BCUT2D eigenvalue weighted by molar-refractivity contribution is 6.30. The van der Waals surface area contributed by atoms with Gasteiger partial charge in [0.1, 0.15) is 23.2 Å². The fourth-order valence-electron chi connectivity index (χ4n) is 2.22. The molecule has 5 heteroatoms. The van der Waals surface area contributed by atoms with E-state index in [-0.39, 0.29) is 0 Å². The van der Waals surface area contributed by atoms with Crippen molar-refractivity contribution in [1.82, 2.24) is 9.97 Å². The zero-order valence-electron chi connectivity index (χ0n) is 10.8. The van der Waals surface area contributed by atoms with E-state index in [0.29, 0.717) is 22.2 Å². The van der Waals surface area contributed by atoms with Gasteiger partial charge in [0.15, 0.2) is 0 Å².